The molecule has 0 aromatic heterocycles. The number of halogens is 2. The lowest BCUT2D eigenvalue weighted by molar-refractivity contribution is 0.596. The third kappa shape index (κ3) is 3.39. The van der Waals surface area contributed by atoms with Crippen LogP contribution in [-0.2, 0) is 10.0 Å². The molecule has 0 aliphatic heterocycles. The number of hydrogen-bond acceptors (Lipinski definition) is 2. The van der Waals surface area contributed by atoms with Crippen LogP contribution in [0.5, 0.6) is 0 Å². The maximum atomic E-state index is 12.7. The molecule has 0 N–H and O–H groups in total. The topological polar surface area (TPSA) is 46.5 Å². The zero-order valence-corrected chi connectivity index (χ0v) is 11.2. The Morgan fingerprint density at radius 3 is 2.16 bits per heavy atom. The van der Waals surface area contributed by atoms with Gasteiger partial charge in [-0.3, -0.25) is 0 Å². The summed E-state index contributed by atoms with van der Waals surface area (Å²) in [6.07, 6.45) is 0. The Kier molecular flexibility index (Phi) is 3.97. The van der Waals surface area contributed by atoms with E-state index >= 15 is 0 Å². The average Bonchev–Trinajstić information content (AvgIpc) is 2.40. The van der Waals surface area contributed by atoms with Gasteiger partial charge in [-0.25, -0.2) is 4.39 Å². The monoisotopic (exact) mass is 297 g/mol. The molecule has 0 radical (unpaired) electrons. The summed E-state index contributed by atoms with van der Waals surface area (Å²) in [6, 6.07) is 12.9. The summed E-state index contributed by atoms with van der Waals surface area (Å²) in [5.41, 5.74) is 0.495. The van der Waals surface area contributed by atoms with Crippen molar-refractivity contribution in [3.05, 3.63) is 66.0 Å². The first-order chi connectivity index (χ1) is 8.99. The Morgan fingerprint density at radius 2 is 1.58 bits per heavy atom. The Balaban J connectivity index is 2.39. The van der Waals surface area contributed by atoms with E-state index in [-0.39, 0.29) is 10.1 Å². The van der Waals surface area contributed by atoms with Crippen LogP contribution >= 0.6 is 11.6 Å². The fourth-order valence-corrected chi connectivity index (χ4v) is 2.69. The van der Waals surface area contributed by atoms with Crippen LogP contribution in [0.3, 0.4) is 0 Å². The molecule has 19 heavy (non-hydrogen) atoms. The van der Waals surface area contributed by atoms with Gasteiger partial charge in [0.2, 0.25) is 0 Å². The molecule has 2 aromatic rings. The summed E-state index contributed by atoms with van der Waals surface area (Å²) in [5, 5.41) is -0.134. The molecule has 0 aliphatic carbocycles. The standard InChI is InChI=1S/C13H9ClFNO2S/c14-13(10-4-2-1-3-5-10)16-19(17,18)12-8-6-11(15)7-9-12/h1-9H/b16-13+. The van der Waals surface area contributed by atoms with Crippen molar-refractivity contribution in [1.29, 1.82) is 0 Å². The van der Waals surface area contributed by atoms with Gasteiger partial charge in [0, 0.05) is 5.56 Å². The molecule has 3 nitrogen and oxygen atoms in total. The fourth-order valence-electron chi connectivity index (χ4n) is 1.39. The highest BCUT2D eigenvalue weighted by atomic mass is 35.5. The quantitative estimate of drug-likeness (QED) is 0.817. The van der Waals surface area contributed by atoms with Gasteiger partial charge < -0.3 is 0 Å². The second-order valence-electron chi connectivity index (χ2n) is 3.68. The minimum absolute atomic E-state index is 0.108. The molecular weight excluding hydrogens is 289 g/mol. The number of hydrogen-bond donors (Lipinski definition) is 0. The molecule has 0 spiro atoms. The summed E-state index contributed by atoms with van der Waals surface area (Å²) in [5.74, 6) is -0.517. The summed E-state index contributed by atoms with van der Waals surface area (Å²) < 4.78 is 40.1. The first-order valence-electron chi connectivity index (χ1n) is 5.30. The molecule has 2 aromatic carbocycles. The SMILES string of the molecule is O=S(=O)(/N=C(/Cl)c1ccccc1)c1ccc(F)cc1. The maximum absolute atomic E-state index is 12.7. The summed E-state index contributed by atoms with van der Waals surface area (Å²) >= 11 is 5.87. The first-order valence-corrected chi connectivity index (χ1v) is 7.12. The smallest absolute Gasteiger partial charge is 0.207 e. The number of nitrogens with zero attached hydrogens (tertiary/aromatic N) is 1. The van der Waals surface area contributed by atoms with Gasteiger partial charge in [0.05, 0.1) is 4.90 Å². The van der Waals surface area contributed by atoms with E-state index in [1.165, 1.54) is 0 Å². The summed E-state index contributed by atoms with van der Waals surface area (Å²) in [6.45, 7) is 0. The normalized spacial score (nSPS) is 12.4. The van der Waals surface area contributed by atoms with Gasteiger partial charge in [-0.05, 0) is 24.3 Å². The number of benzene rings is 2. The lowest BCUT2D eigenvalue weighted by atomic mass is 10.2. The molecule has 98 valence electrons. The molecule has 0 saturated heterocycles. The molecule has 0 atom stereocenters. The summed E-state index contributed by atoms with van der Waals surface area (Å²) in [4.78, 5) is -0.108. The van der Waals surface area contributed by atoms with Gasteiger partial charge in [0.15, 0.2) is 0 Å². The zero-order valence-electron chi connectivity index (χ0n) is 9.62. The molecule has 0 unspecified atom stereocenters. The second kappa shape index (κ2) is 5.50. The molecule has 6 heteroatoms. The first kappa shape index (κ1) is 13.7. The van der Waals surface area contributed by atoms with Crippen molar-refractivity contribution >= 4 is 26.8 Å². The second-order valence-corrected chi connectivity index (χ2v) is 5.64. The van der Waals surface area contributed by atoms with E-state index in [1.54, 1.807) is 30.3 Å². The van der Waals surface area contributed by atoms with Crippen molar-refractivity contribution in [2.24, 2.45) is 4.40 Å². The lowest BCUT2D eigenvalue weighted by Crippen LogP contribution is -2.01. The van der Waals surface area contributed by atoms with Crippen molar-refractivity contribution in [3.63, 3.8) is 0 Å². The Hall–Kier alpha value is -1.72. The van der Waals surface area contributed by atoms with E-state index in [0.29, 0.717) is 5.56 Å². The van der Waals surface area contributed by atoms with Gasteiger partial charge in [0.1, 0.15) is 11.0 Å². The summed E-state index contributed by atoms with van der Waals surface area (Å²) in [7, 11) is -3.94. The highest BCUT2D eigenvalue weighted by molar-refractivity contribution is 7.90. The minimum atomic E-state index is -3.94. The molecule has 2 rings (SSSR count). The van der Waals surface area contributed by atoms with Gasteiger partial charge >= 0.3 is 0 Å². The molecule has 0 saturated carbocycles. The fraction of sp³-hybridized carbons (Fsp3) is 0. The van der Waals surface area contributed by atoms with Gasteiger partial charge in [-0.1, -0.05) is 41.9 Å². The van der Waals surface area contributed by atoms with Gasteiger partial charge in [-0.2, -0.15) is 8.42 Å². The molecule has 0 aliphatic rings. The van der Waals surface area contributed by atoms with Crippen LogP contribution in [0.15, 0.2) is 63.9 Å². The third-order valence-electron chi connectivity index (χ3n) is 2.32. The van der Waals surface area contributed by atoms with Crippen LogP contribution < -0.4 is 0 Å². The molecule has 0 amide bonds. The Morgan fingerprint density at radius 1 is 1.00 bits per heavy atom. The van der Waals surface area contributed by atoms with Crippen molar-refractivity contribution in [3.8, 4) is 0 Å². The van der Waals surface area contributed by atoms with Crippen molar-refractivity contribution in [2.75, 3.05) is 0 Å². The van der Waals surface area contributed by atoms with Crippen molar-refractivity contribution < 1.29 is 12.8 Å². The van der Waals surface area contributed by atoms with Crippen molar-refractivity contribution in [2.45, 2.75) is 4.90 Å². The van der Waals surface area contributed by atoms with E-state index in [1.807, 2.05) is 0 Å². The maximum Gasteiger partial charge on any atom is 0.283 e. The average molecular weight is 298 g/mol. The van der Waals surface area contributed by atoms with E-state index in [4.69, 9.17) is 11.6 Å². The van der Waals surface area contributed by atoms with Crippen LogP contribution in [0.1, 0.15) is 5.56 Å². The largest absolute Gasteiger partial charge is 0.283 e. The minimum Gasteiger partial charge on any atom is -0.207 e. The third-order valence-corrected chi connectivity index (χ3v) is 4.02. The predicted octanol–water partition coefficient (Wildman–Crippen LogP) is 3.20. The Labute approximate surface area is 115 Å². The van der Waals surface area contributed by atoms with E-state index in [9.17, 15) is 12.8 Å². The van der Waals surface area contributed by atoms with E-state index < -0.39 is 15.8 Å². The predicted molar refractivity (Wildman–Crippen MR) is 72.4 cm³/mol. The van der Waals surface area contributed by atoms with Crippen LogP contribution in [0, 0.1) is 5.82 Å². The van der Waals surface area contributed by atoms with Crippen LogP contribution in [0.2, 0.25) is 0 Å². The van der Waals surface area contributed by atoms with E-state index in [0.717, 1.165) is 24.3 Å². The van der Waals surface area contributed by atoms with Gasteiger partial charge in [-0.15, -0.1) is 4.40 Å². The van der Waals surface area contributed by atoms with Gasteiger partial charge in [0.25, 0.3) is 10.0 Å². The molecule has 0 heterocycles. The number of rotatable bonds is 3. The molecular formula is C13H9ClFNO2S. The van der Waals surface area contributed by atoms with Crippen LogP contribution in [0.4, 0.5) is 4.39 Å². The molecule has 0 bridgehead atoms. The molecule has 0 fully saturated rings. The van der Waals surface area contributed by atoms with E-state index in [2.05, 4.69) is 4.40 Å². The Bertz CT molecular complexity index is 697. The highest BCUT2D eigenvalue weighted by Gasteiger charge is 2.14. The van der Waals surface area contributed by atoms with Crippen LogP contribution in [0.25, 0.3) is 0 Å². The van der Waals surface area contributed by atoms with Crippen molar-refractivity contribution in [1.82, 2.24) is 0 Å². The highest BCUT2D eigenvalue weighted by Crippen LogP contribution is 2.15. The number of sulfonamides is 1. The lowest BCUT2D eigenvalue weighted by Gasteiger charge is -2.01. The zero-order chi connectivity index (χ0) is 13.9. The van der Waals surface area contributed by atoms with Crippen LogP contribution in [-0.4, -0.2) is 13.6 Å².